The van der Waals surface area contributed by atoms with E-state index in [2.05, 4.69) is 10.2 Å². The average molecular weight is 204 g/mol. The van der Waals surface area contributed by atoms with Crippen LogP contribution in [0.3, 0.4) is 0 Å². The molecule has 1 rings (SSSR count). The van der Waals surface area contributed by atoms with E-state index in [0.717, 1.165) is 25.9 Å². The normalized spacial score (nSPS) is 23.4. The van der Waals surface area contributed by atoms with Gasteiger partial charge in [0, 0.05) is 13.1 Å². The van der Waals surface area contributed by atoms with Crippen molar-refractivity contribution in [3.63, 3.8) is 0 Å². The van der Waals surface area contributed by atoms with Crippen LogP contribution in [0.2, 0.25) is 0 Å². The summed E-state index contributed by atoms with van der Waals surface area (Å²) < 4.78 is 12.9. The summed E-state index contributed by atoms with van der Waals surface area (Å²) in [6, 6.07) is 0. The molecule has 1 saturated heterocycles. The highest BCUT2D eigenvalue weighted by Gasteiger charge is 2.18. The van der Waals surface area contributed by atoms with Gasteiger partial charge < -0.3 is 15.3 Å². The Bertz CT molecular complexity index is 190. The first-order chi connectivity index (χ1) is 6.68. The molecule has 0 aliphatic carbocycles. The van der Waals surface area contributed by atoms with Crippen molar-refractivity contribution >= 4 is 6.09 Å². The zero-order valence-electron chi connectivity index (χ0n) is 8.21. The van der Waals surface area contributed by atoms with Gasteiger partial charge in [0.05, 0.1) is 0 Å². The van der Waals surface area contributed by atoms with Crippen LogP contribution < -0.4 is 5.32 Å². The molecular weight excluding hydrogens is 187 g/mol. The number of piperidine rings is 1. The number of nitrogens with zero attached hydrogens (tertiary/aromatic N) is 1. The van der Waals surface area contributed by atoms with Gasteiger partial charge in [0.2, 0.25) is 0 Å². The maximum absolute atomic E-state index is 12.9. The van der Waals surface area contributed by atoms with E-state index >= 15 is 0 Å². The third kappa shape index (κ3) is 4.41. The molecule has 1 atom stereocenters. The predicted molar refractivity (Wildman–Crippen MR) is 51.2 cm³/mol. The topological polar surface area (TPSA) is 52.6 Å². The fourth-order valence-corrected chi connectivity index (χ4v) is 1.70. The van der Waals surface area contributed by atoms with Crippen molar-refractivity contribution in [1.82, 2.24) is 10.2 Å². The standard InChI is InChI=1S/C9H17FN2O2/c10-8-3-1-5-12(7-8)6-2-4-11-9(13)14/h8,11H,1-7H2,(H,13,14). The van der Waals surface area contributed by atoms with E-state index < -0.39 is 12.3 Å². The molecule has 82 valence electrons. The largest absolute Gasteiger partial charge is 0.465 e. The van der Waals surface area contributed by atoms with Gasteiger partial charge in [-0.25, -0.2) is 9.18 Å². The number of hydrogen-bond donors (Lipinski definition) is 2. The smallest absolute Gasteiger partial charge is 0.404 e. The molecule has 0 radical (unpaired) electrons. The molecule has 1 amide bonds. The van der Waals surface area contributed by atoms with Gasteiger partial charge in [-0.15, -0.1) is 0 Å². The maximum Gasteiger partial charge on any atom is 0.404 e. The van der Waals surface area contributed by atoms with E-state index in [1.807, 2.05) is 0 Å². The summed E-state index contributed by atoms with van der Waals surface area (Å²) >= 11 is 0. The molecule has 1 unspecified atom stereocenters. The van der Waals surface area contributed by atoms with E-state index in [-0.39, 0.29) is 0 Å². The van der Waals surface area contributed by atoms with Crippen LogP contribution in [-0.4, -0.2) is 48.5 Å². The third-order valence-electron chi connectivity index (χ3n) is 2.38. The molecule has 1 heterocycles. The Morgan fingerprint density at radius 1 is 1.64 bits per heavy atom. The van der Waals surface area contributed by atoms with Crippen molar-refractivity contribution in [2.24, 2.45) is 0 Å². The Morgan fingerprint density at radius 3 is 3.07 bits per heavy atom. The van der Waals surface area contributed by atoms with Crippen molar-refractivity contribution in [1.29, 1.82) is 0 Å². The summed E-state index contributed by atoms with van der Waals surface area (Å²) in [5.74, 6) is 0. The summed E-state index contributed by atoms with van der Waals surface area (Å²) in [7, 11) is 0. The highest BCUT2D eigenvalue weighted by molar-refractivity contribution is 5.64. The molecule has 14 heavy (non-hydrogen) atoms. The zero-order chi connectivity index (χ0) is 10.4. The first kappa shape index (κ1) is 11.2. The molecule has 0 spiro atoms. The maximum atomic E-state index is 12.9. The summed E-state index contributed by atoms with van der Waals surface area (Å²) in [5.41, 5.74) is 0. The lowest BCUT2D eigenvalue weighted by molar-refractivity contribution is 0.137. The second-order valence-electron chi connectivity index (χ2n) is 3.63. The van der Waals surface area contributed by atoms with E-state index in [1.54, 1.807) is 0 Å². The van der Waals surface area contributed by atoms with E-state index in [1.165, 1.54) is 0 Å². The summed E-state index contributed by atoms with van der Waals surface area (Å²) in [4.78, 5) is 12.2. The number of rotatable bonds is 4. The van der Waals surface area contributed by atoms with E-state index in [9.17, 15) is 9.18 Å². The fraction of sp³-hybridized carbons (Fsp3) is 0.889. The minimum atomic E-state index is -0.994. The molecule has 4 nitrogen and oxygen atoms in total. The minimum absolute atomic E-state index is 0.447. The van der Waals surface area contributed by atoms with Crippen molar-refractivity contribution < 1.29 is 14.3 Å². The Kier molecular flexibility index (Phi) is 4.65. The number of likely N-dealkylation sites (tertiary alicyclic amines) is 1. The molecule has 0 aromatic heterocycles. The van der Waals surface area contributed by atoms with Crippen molar-refractivity contribution in [3.8, 4) is 0 Å². The van der Waals surface area contributed by atoms with Gasteiger partial charge in [0.15, 0.2) is 0 Å². The van der Waals surface area contributed by atoms with Crippen LogP contribution in [0.25, 0.3) is 0 Å². The highest BCUT2D eigenvalue weighted by atomic mass is 19.1. The van der Waals surface area contributed by atoms with Crippen LogP contribution in [0, 0.1) is 0 Å². The van der Waals surface area contributed by atoms with Crippen LogP contribution in [-0.2, 0) is 0 Å². The van der Waals surface area contributed by atoms with Gasteiger partial charge >= 0.3 is 6.09 Å². The number of amides is 1. The minimum Gasteiger partial charge on any atom is -0.465 e. The Hall–Kier alpha value is -0.840. The molecule has 1 fully saturated rings. The Balaban J connectivity index is 2.03. The molecule has 1 aliphatic heterocycles. The quantitative estimate of drug-likeness (QED) is 0.674. The van der Waals surface area contributed by atoms with Crippen LogP contribution in [0.1, 0.15) is 19.3 Å². The van der Waals surface area contributed by atoms with Gasteiger partial charge in [-0.2, -0.15) is 0 Å². The molecule has 2 N–H and O–H groups in total. The SMILES string of the molecule is O=C(O)NCCCN1CCCC(F)C1. The number of halogens is 1. The van der Waals surface area contributed by atoms with Gasteiger partial charge in [-0.1, -0.05) is 0 Å². The number of nitrogens with one attached hydrogen (secondary N) is 1. The zero-order valence-corrected chi connectivity index (χ0v) is 8.21. The molecule has 5 heteroatoms. The highest BCUT2D eigenvalue weighted by Crippen LogP contribution is 2.12. The molecular formula is C9H17FN2O2. The molecule has 1 aliphatic rings. The molecule has 0 aromatic carbocycles. The van der Waals surface area contributed by atoms with E-state index in [0.29, 0.717) is 19.5 Å². The summed E-state index contributed by atoms with van der Waals surface area (Å²) in [6.45, 7) is 2.67. The van der Waals surface area contributed by atoms with Crippen LogP contribution in [0.5, 0.6) is 0 Å². The first-order valence-corrected chi connectivity index (χ1v) is 5.01. The van der Waals surface area contributed by atoms with Crippen molar-refractivity contribution in [2.75, 3.05) is 26.2 Å². The number of alkyl halides is 1. The second-order valence-corrected chi connectivity index (χ2v) is 3.63. The van der Waals surface area contributed by atoms with Crippen LogP contribution in [0.15, 0.2) is 0 Å². The average Bonchev–Trinajstić information content (AvgIpc) is 2.12. The second kappa shape index (κ2) is 5.80. The first-order valence-electron chi connectivity index (χ1n) is 5.01. The summed E-state index contributed by atoms with van der Waals surface area (Å²) in [5, 5.41) is 10.6. The Morgan fingerprint density at radius 2 is 2.43 bits per heavy atom. The number of hydrogen-bond acceptors (Lipinski definition) is 2. The van der Waals surface area contributed by atoms with E-state index in [4.69, 9.17) is 5.11 Å². The van der Waals surface area contributed by atoms with Crippen LogP contribution >= 0.6 is 0 Å². The monoisotopic (exact) mass is 204 g/mol. The lowest BCUT2D eigenvalue weighted by Crippen LogP contribution is -2.38. The Labute approximate surface area is 83.1 Å². The predicted octanol–water partition coefficient (Wildman–Crippen LogP) is 1.08. The number of carboxylic acid groups (broad SMARTS) is 1. The lowest BCUT2D eigenvalue weighted by atomic mass is 10.1. The number of carbonyl (C=O) groups is 1. The van der Waals surface area contributed by atoms with Crippen molar-refractivity contribution in [2.45, 2.75) is 25.4 Å². The molecule has 0 bridgehead atoms. The van der Waals surface area contributed by atoms with Crippen molar-refractivity contribution in [3.05, 3.63) is 0 Å². The molecule has 0 saturated carbocycles. The third-order valence-corrected chi connectivity index (χ3v) is 2.38. The van der Waals surface area contributed by atoms with Crippen LogP contribution in [0.4, 0.5) is 9.18 Å². The molecule has 0 aromatic rings. The van der Waals surface area contributed by atoms with Gasteiger partial charge in [-0.05, 0) is 32.4 Å². The fourth-order valence-electron chi connectivity index (χ4n) is 1.70. The lowest BCUT2D eigenvalue weighted by Gasteiger charge is -2.28. The van der Waals surface area contributed by atoms with Gasteiger partial charge in [-0.3, -0.25) is 0 Å². The van der Waals surface area contributed by atoms with Gasteiger partial charge in [0.25, 0.3) is 0 Å². The summed E-state index contributed by atoms with van der Waals surface area (Å²) in [6.07, 6.45) is 0.638. The van der Waals surface area contributed by atoms with Gasteiger partial charge in [0.1, 0.15) is 6.17 Å².